The Labute approximate surface area is 150 Å². The van der Waals surface area contributed by atoms with E-state index in [4.69, 9.17) is 4.74 Å². The van der Waals surface area contributed by atoms with Crippen molar-refractivity contribution in [1.82, 2.24) is 9.88 Å². The summed E-state index contributed by atoms with van der Waals surface area (Å²) in [5.74, 6) is 0.816. The minimum atomic E-state index is -0.672. The summed E-state index contributed by atoms with van der Waals surface area (Å²) in [5.41, 5.74) is -0.216. The third kappa shape index (κ3) is 3.97. The van der Waals surface area contributed by atoms with E-state index in [-0.39, 0.29) is 24.0 Å². The molecule has 5 heteroatoms. The highest BCUT2D eigenvalue weighted by Gasteiger charge is 2.44. The van der Waals surface area contributed by atoms with E-state index in [0.717, 1.165) is 45.1 Å². The van der Waals surface area contributed by atoms with Gasteiger partial charge in [-0.05, 0) is 58.6 Å². The monoisotopic (exact) mass is 346 g/mol. The lowest BCUT2D eigenvalue weighted by Crippen LogP contribution is -2.50. The quantitative estimate of drug-likeness (QED) is 0.907. The fourth-order valence-electron chi connectivity index (χ4n) is 4.41. The second-order valence-corrected chi connectivity index (χ2v) is 7.96. The van der Waals surface area contributed by atoms with Gasteiger partial charge in [0.1, 0.15) is 11.4 Å². The number of ether oxygens (including phenoxy) is 1. The summed E-state index contributed by atoms with van der Waals surface area (Å²) < 4.78 is 5.60. The molecule has 3 rings (SSSR count). The average Bonchev–Trinajstić information content (AvgIpc) is 3.03. The highest BCUT2D eigenvalue weighted by Crippen LogP contribution is 2.41. The first-order valence-electron chi connectivity index (χ1n) is 9.54. The maximum atomic E-state index is 13.0. The van der Waals surface area contributed by atoms with Crippen LogP contribution in [0.3, 0.4) is 0 Å². The number of pyridine rings is 1. The van der Waals surface area contributed by atoms with E-state index in [1.54, 1.807) is 12.3 Å². The van der Waals surface area contributed by atoms with Crippen molar-refractivity contribution in [1.29, 1.82) is 0 Å². The van der Waals surface area contributed by atoms with Crippen LogP contribution < -0.4 is 4.74 Å². The molecule has 3 unspecified atom stereocenters. The molecule has 25 heavy (non-hydrogen) atoms. The molecule has 0 aromatic carbocycles. The van der Waals surface area contributed by atoms with E-state index in [1.165, 1.54) is 0 Å². The van der Waals surface area contributed by atoms with Gasteiger partial charge >= 0.3 is 0 Å². The Kier molecular flexibility index (Phi) is 5.32. The maximum Gasteiger partial charge on any atom is 0.272 e. The van der Waals surface area contributed by atoms with Crippen molar-refractivity contribution in [3.63, 3.8) is 0 Å². The van der Waals surface area contributed by atoms with E-state index in [1.807, 2.05) is 31.7 Å². The van der Waals surface area contributed by atoms with Crippen molar-refractivity contribution in [2.75, 3.05) is 6.54 Å². The van der Waals surface area contributed by atoms with E-state index in [2.05, 4.69) is 4.98 Å². The summed E-state index contributed by atoms with van der Waals surface area (Å²) >= 11 is 0. The molecule has 2 fully saturated rings. The van der Waals surface area contributed by atoms with Crippen LogP contribution in [0.1, 0.15) is 69.8 Å². The summed E-state index contributed by atoms with van der Waals surface area (Å²) in [6, 6.07) is 3.67. The molecule has 2 aliphatic rings. The molecule has 2 heterocycles. The molecule has 1 aliphatic heterocycles. The Hall–Kier alpha value is -1.62. The molecule has 0 spiro atoms. The van der Waals surface area contributed by atoms with E-state index >= 15 is 0 Å². The molecule has 1 saturated carbocycles. The average molecular weight is 346 g/mol. The molecule has 138 valence electrons. The molecule has 0 bridgehead atoms. The normalized spacial score (nSPS) is 29.9. The summed E-state index contributed by atoms with van der Waals surface area (Å²) in [5, 5.41) is 10.8. The van der Waals surface area contributed by atoms with Gasteiger partial charge in [0.25, 0.3) is 5.91 Å². The molecule has 1 amide bonds. The van der Waals surface area contributed by atoms with Gasteiger partial charge in [0.2, 0.25) is 0 Å². The fourth-order valence-corrected chi connectivity index (χ4v) is 4.41. The number of carbonyl (C=O) groups excluding carboxylic acids is 1. The number of amides is 1. The zero-order valence-electron chi connectivity index (χ0n) is 15.6. The molecule has 1 N–H and O–H groups in total. The number of carbonyl (C=O) groups is 1. The maximum absolute atomic E-state index is 13.0. The van der Waals surface area contributed by atoms with E-state index in [9.17, 15) is 9.90 Å². The molecule has 3 atom stereocenters. The van der Waals surface area contributed by atoms with Crippen LogP contribution in [0, 0.1) is 5.92 Å². The van der Waals surface area contributed by atoms with Gasteiger partial charge in [0, 0.05) is 18.5 Å². The number of likely N-dealkylation sites (tertiary alicyclic amines) is 1. The molecule has 5 nitrogen and oxygen atoms in total. The summed E-state index contributed by atoms with van der Waals surface area (Å²) in [4.78, 5) is 19.2. The number of aliphatic hydroxyl groups is 1. The van der Waals surface area contributed by atoms with Gasteiger partial charge < -0.3 is 14.7 Å². The lowest BCUT2D eigenvalue weighted by molar-refractivity contribution is -0.0578. The minimum absolute atomic E-state index is 0.0278. The second-order valence-electron chi connectivity index (χ2n) is 7.96. The predicted octanol–water partition coefficient (Wildman–Crippen LogP) is 3.41. The van der Waals surface area contributed by atoms with Crippen LogP contribution in [-0.2, 0) is 0 Å². The molecule has 1 aromatic heterocycles. The van der Waals surface area contributed by atoms with E-state index < -0.39 is 5.60 Å². The predicted molar refractivity (Wildman–Crippen MR) is 96.6 cm³/mol. The lowest BCUT2D eigenvalue weighted by Gasteiger charge is -2.43. The van der Waals surface area contributed by atoms with Crippen LogP contribution in [0.4, 0.5) is 0 Å². The Morgan fingerprint density at radius 1 is 1.32 bits per heavy atom. The fraction of sp³-hybridized carbons (Fsp3) is 0.700. The van der Waals surface area contributed by atoms with Crippen molar-refractivity contribution in [2.24, 2.45) is 5.92 Å². The summed E-state index contributed by atoms with van der Waals surface area (Å²) in [7, 11) is 0. The van der Waals surface area contributed by atoms with Crippen LogP contribution in [0.5, 0.6) is 5.75 Å². The van der Waals surface area contributed by atoms with Crippen molar-refractivity contribution >= 4 is 5.91 Å². The second kappa shape index (κ2) is 7.32. The number of nitrogens with zero attached hydrogens (tertiary/aromatic N) is 2. The van der Waals surface area contributed by atoms with Gasteiger partial charge in [-0.2, -0.15) is 0 Å². The minimum Gasteiger partial charge on any atom is -0.489 e. The van der Waals surface area contributed by atoms with Gasteiger partial charge in [0.15, 0.2) is 0 Å². The molecule has 0 radical (unpaired) electrons. The number of hydrogen-bond acceptors (Lipinski definition) is 4. The van der Waals surface area contributed by atoms with Crippen molar-refractivity contribution in [3.05, 3.63) is 24.0 Å². The zero-order valence-corrected chi connectivity index (χ0v) is 15.6. The van der Waals surface area contributed by atoms with Gasteiger partial charge in [-0.3, -0.25) is 4.79 Å². The number of rotatable bonds is 4. The Bertz CT molecular complexity index is 597. The standard InChI is InChI=1S/C20H30N2O3/c1-14(2)25-15-9-10-17(21-13-15)19(23)22-12-6-8-18(22)16-7-4-5-11-20(16,3)24/h9-10,13-14,16,18,24H,4-8,11-12H2,1-3H3. The van der Waals surface area contributed by atoms with Crippen LogP contribution in [0.25, 0.3) is 0 Å². The zero-order chi connectivity index (χ0) is 18.0. The van der Waals surface area contributed by atoms with Gasteiger partial charge in [-0.1, -0.05) is 12.8 Å². The lowest BCUT2D eigenvalue weighted by atomic mass is 9.72. The number of hydrogen-bond donors (Lipinski definition) is 1. The first kappa shape index (κ1) is 18.2. The van der Waals surface area contributed by atoms with Crippen molar-refractivity contribution in [2.45, 2.75) is 77.0 Å². The van der Waals surface area contributed by atoms with Crippen LogP contribution >= 0.6 is 0 Å². The molecular formula is C20H30N2O3. The summed E-state index contributed by atoms with van der Waals surface area (Å²) in [6.45, 7) is 6.62. The van der Waals surface area contributed by atoms with Crippen molar-refractivity contribution in [3.8, 4) is 5.75 Å². The van der Waals surface area contributed by atoms with Gasteiger partial charge in [0.05, 0.1) is 17.9 Å². The Morgan fingerprint density at radius 2 is 2.12 bits per heavy atom. The highest BCUT2D eigenvalue weighted by atomic mass is 16.5. The smallest absolute Gasteiger partial charge is 0.272 e. The third-order valence-corrected chi connectivity index (χ3v) is 5.60. The largest absolute Gasteiger partial charge is 0.489 e. The highest BCUT2D eigenvalue weighted by molar-refractivity contribution is 5.92. The Morgan fingerprint density at radius 3 is 2.76 bits per heavy atom. The SMILES string of the molecule is CC(C)Oc1ccc(C(=O)N2CCCC2C2CCCCC2(C)O)nc1. The molecule has 1 aromatic rings. The van der Waals surface area contributed by atoms with E-state index in [0.29, 0.717) is 11.4 Å². The van der Waals surface area contributed by atoms with Crippen LogP contribution in [0.2, 0.25) is 0 Å². The summed E-state index contributed by atoms with van der Waals surface area (Å²) in [6.07, 6.45) is 7.71. The Balaban J connectivity index is 1.74. The molecule has 1 saturated heterocycles. The van der Waals surface area contributed by atoms with Gasteiger partial charge in [-0.25, -0.2) is 4.98 Å². The van der Waals surface area contributed by atoms with Crippen LogP contribution in [0.15, 0.2) is 18.3 Å². The molecule has 1 aliphatic carbocycles. The third-order valence-electron chi connectivity index (χ3n) is 5.60. The topological polar surface area (TPSA) is 62.7 Å². The number of aromatic nitrogens is 1. The first-order chi connectivity index (χ1) is 11.9. The van der Waals surface area contributed by atoms with Gasteiger partial charge in [-0.15, -0.1) is 0 Å². The molecular weight excluding hydrogens is 316 g/mol. The van der Waals surface area contributed by atoms with Crippen molar-refractivity contribution < 1.29 is 14.6 Å². The van der Waals surface area contributed by atoms with Crippen LogP contribution in [-0.4, -0.2) is 45.2 Å². The first-order valence-corrected chi connectivity index (χ1v) is 9.54.